The van der Waals surface area contributed by atoms with Gasteiger partial charge in [-0.05, 0) is 25.5 Å². The summed E-state index contributed by atoms with van der Waals surface area (Å²) in [4.78, 5) is 14.5. The van der Waals surface area contributed by atoms with Gasteiger partial charge in [-0.1, -0.05) is 54.3 Å². The van der Waals surface area contributed by atoms with Gasteiger partial charge in [-0.2, -0.15) is 0 Å². The molecule has 0 bridgehead atoms. The first-order valence-corrected chi connectivity index (χ1v) is 6.64. The van der Waals surface area contributed by atoms with Gasteiger partial charge in [0.15, 0.2) is 0 Å². The van der Waals surface area contributed by atoms with Crippen molar-refractivity contribution < 1.29 is 4.79 Å². The number of rotatable bonds is 2. The minimum absolute atomic E-state index is 0.0128. The Morgan fingerprint density at radius 2 is 1.94 bits per heavy atom. The summed E-state index contributed by atoms with van der Waals surface area (Å²) in [6.07, 6.45) is 1.89. The standard InChI is InChI=1S/C13H13NOS2/c1-9(2)14-12(15)11(17-13(14)16)8-10-6-4-3-5-7-10/h3-9H,1-2H3/b11-8-. The van der Waals surface area contributed by atoms with Crippen LogP contribution in [0.15, 0.2) is 35.2 Å². The van der Waals surface area contributed by atoms with E-state index >= 15 is 0 Å². The fourth-order valence-corrected chi connectivity index (χ4v) is 3.15. The number of nitrogens with zero attached hydrogens (tertiary/aromatic N) is 1. The highest BCUT2D eigenvalue weighted by Gasteiger charge is 2.33. The Balaban J connectivity index is 2.28. The molecule has 4 heteroatoms. The molecule has 0 radical (unpaired) electrons. The van der Waals surface area contributed by atoms with Crippen LogP contribution in [-0.4, -0.2) is 21.2 Å². The van der Waals surface area contributed by atoms with Crippen molar-refractivity contribution in [3.63, 3.8) is 0 Å². The second kappa shape index (κ2) is 5.02. The van der Waals surface area contributed by atoms with E-state index in [0.717, 1.165) is 5.56 Å². The van der Waals surface area contributed by atoms with Crippen molar-refractivity contribution in [3.05, 3.63) is 40.8 Å². The van der Waals surface area contributed by atoms with E-state index in [1.807, 2.05) is 50.3 Å². The van der Waals surface area contributed by atoms with Gasteiger partial charge in [-0.3, -0.25) is 9.69 Å². The summed E-state index contributed by atoms with van der Waals surface area (Å²) in [5.74, 6) is 0.0128. The van der Waals surface area contributed by atoms with E-state index in [1.54, 1.807) is 4.90 Å². The van der Waals surface area contributed by atoms with Crippen LogP contribution in [0.5, 0.6) is 0 Å². The Labute approximate surface area is 111 Å². The number of benzene rings is 1. The Morgan fingerprint density at radius 3 is 2.47 bits per heavy atom. The smallest absolute Gasteiger partial charge is 0.266 e. The Bertz CT molecular complexity index is 479. The molecule has 1 aliphatic heterocycles. The molecule has 17 heavy (non-hydrogen) atoms. The van der Waals surface area contributed by atoms with E-state index in [0.29, 0.717) is 9.23 Å². The number of hydrogen-bond donors (Lipinski definition) is 0. The first kappa shape index (κ1) is 12.3. The van der Waals surface area contributed by atoms with Gasteiger partial charge < -0.3 is 0 Å². The van der Waals surface area contributed by atoms with Crippen LogP contribution in [0.4, 0.5) is 0 Å². The molecule has 1 aromatic rings. The summed E-state index contributed by atoms with van der Waals surface area (Å²) in [7, 11) is 0. The first-order chi connectivity index (χ1) is 8.09. The third-order valence-electron chi connectivity index (χ3n) is 2.44. The lowest BCUT2D eigenvalue weighted by Gasteiger charge is -2.18. The highest BCUT2D eigenvalue weighted by Crippen LogP contribution is 2.33. The van der Waals surface area contributed by atoms with Crippen LogP contribution in [0.3, 0.4) is 0 Å². The molecule has 1 amide bonds. The molecule has 0 N–H and O–H groups in total. The van der Waals surface area contributed by atoms with Gasteiger partial charge in [0.05, 0.1) is 4.91 Å². The van der Waals surface area contributed by atoms with Crippen molar-refractivity contribution in [2.75, 3.05) is 0 Å². The largest absolute Gasteiger partial charge is 0.290 e. The van der Waals surface area contributed by atoms with Gasteiger partial charge in [0.25, 0.3) is 5.91 Å². The highest BCUT2D eigenvalue weighted by atomic mass is 32.2. The average molecular weight is 263 g/mol. The Hall–Kier alpha value is -1.13. The number of thiocarbonyl (C=S) groups is 1. The minimum atomic E-state index is 0.0128. The SMILES string of the molecule is CC(C)N1C(=O)/C(=C/c2ccccc2)SC1=S. The van der Waals surface area contributed by atoms with Gasteiger partial charge in [0.1, 0.15) is 4.32 Å². The number of amides is 1. The second-order valence-electron chi connectivity index (χ2n) is 4.06. The second-order valence-corrected chi connectivity index (χ2v) is 5.73. The van der Waals surface area contributed by atoms with Crippen molar-refractivity contribution in [1.29, 1.82) is 0 Å². The van der Waals surface area contributed by atoms with Gasteiger partial charge in [-0.25, -0.2) is 0 Å². The fraction of sp³-hybridized carbons (Fsp3) is 0.231. The summed E-state index contributed by atoms with van der Waals surface area (Å²) in [6.45, 7) is 3.94. The lowest BCUT2D eigenvalue weighted by Crippen LogP contribution is -2.34. The number of carbonyl (C=O) groups excluding carboxylic acids is 1. The molecule has 0 spiro atoms. The van der Waals surface area contributed by atoms with E-state index in [2.05, 4.69) is 0 Å². The van der Waals surface area contributed by atoms with Gasteiger partial charge in [0.2, 0.25) is 0 Å². The summed E-state index contributed by atoms with van der Waals surface area (Å²) in [5, 5.41) is 0. The summed E-state index contributed by atoms with van der Waals surface area (Å²) in [6, 6.07) is 9.93. The zero-order valence-electron chi connectivity index (χ0n) is 9.71. The summed E-state index contributed by atoms with van der Waals surface area (Å²) in [5.41, 5.74) is 1.02. The zero-order chi connectivity index (χ0) is 12.4. The van der Waals surface area contributed by atoms with Crippen LogP contribution in [0.25, 0.3) is 6.08 Å². The van der Waals surface area contributed by atoms with Crippen LogP contribution in [0.2, 0.25) is 0 Å². The maximum atomic E-state index is 12.1. The normalized spacial score (nSPS) is 18.5. The molecule has 88 valence electrons. The highest BCUT2D eigenvalue weighted by molar-refractivity contribution is 8.26. The zero-order valence-corrected chi connectivity index (χ0v) is 11.3. The molecule has 0 aliphatic carbocycles. The molecular formula is C13H13NOS2. The van der Waals surface area contributed by atoms with Crippen molar-refractivity contribution in [2.24, 2.45) is 0 Å². The van der Waals surface area contributed by atoms with Crippen molar-refractivity contribution in [2.45, 2.75) is 19.9 Å². The van der Waals surface area contributed by atoms with Gasteiger partial charge >= 0.3 is 0 Å². The van der Waals surface area contributed by atoms with E-state index in [9.17, 15) is 4.79 Å². The quantitative estimate of drug-likeness (QED) is 0.603. The molecule has 0 atom stereocenters. The van der Waals surface area contributed by atoms with Crippen LogP contribution < -0.4 is 0 Å². The molecule has 1 aromatic carbocycles. The minimum Gasteiger partial charge on any atom is -0.290 e. The Morgan fingerprint density at radius 1 is 1.29 bits per heavy atom. The van der Waals surface area contributed by atoms with Crippen molar-refractivity contribution in [1.82, 2.24) is 4.90 Å². The van der Waals surface area contributed by atoms with E-state index in [-0.39, 0.29) is 11.9 Å². The monoisotopic (exact) mass is 263 g/mol. The Kier molecular flexibility index (Phi) is 3.64. The van der Waals surface area contributed by atoms with Crippen molar-refractivity contribution in [3.8, 4) is 0 Å². The van der Waals surface area contributed by atoms with E-state index in [1.165, 1.54) is 11.8 Å². The van der Waals surface area contributed by atoms with E-state index in [4.69, 9.17) is 12.2 Å². The third-order valence-corrected chi connectivity index (χ3v) is 3.77. The molecule has 0 aromatic heterocycles. The lowest BCUT2D eigenvalue weighted by atomic mass is 10.2. The topological polar surface area (TPSA) is 20.3 Å². The molecule has 2 rings (SSSR count). The van der Waals surface area contributed by atoms with Gasteiger partial charge in [-0.15, -0.1) is 0 Å². The maximum absolute atomic E-state index is 12.1. The van der Waals surface area contributed by atoms with Gasteiger partial charge in [0, 0.05) is 6.04 Å². The number of hydrogen-bond acceptors (Lipinski definition) is 3. The molecule has 1 heterocycles. The number of carbonyl (C=O) groups is 1. The summed E-state index contributed by atoms with van der Waals surface area (Å²) >= 11 is 6.59. The van der Waals surface area contributed by atoms with Crippen LogP contribution in [0.1, 0.15) is 19.4 Å². The molecule has 0 unspecified atom stereocenters. The average Bonchev–Trinajstić information content (AvgIpc) is 2.55. The predicted molar refractivity (Wildman–Crippen MR) is 76.6 cm³/mol. The molecule has 2 nitrogen and oxygen atoms in total. The molecule has 1 saturated heterocycles. The lowest BCUT2D eigenvalue weighted by molar-refractivity contribution is -0.123. The molecular weight excluding hydrogens is 250 g/mol. The number of thioether (sulfide) groups is 1. The maximum Gasteiger partial charge on any atom is 0.266 e. The molecule has 1 fully saturated rings. The van der Waals surface area contributed by atoms with Crippen molar-refractivity contribution >= 4 is 40.3 Å². The van der Waals surface area contributed by atoms with Crippen LogP contribution >= 0.6 is 24.0 Å². The predicted octanol–water partition coefficient (Wildman–Crippen LogP) is 3.30. The van der Waals surface area contributed by atoms with Crippen LogP contribution in [-0.2, 0) is 4.79 Å². The molecule has 1 aliphatic rings. The van der Waals surface area contributed by atoms with E-state index < -0.39 is 0 Å². The first-order valence-electron chi connectivity index (χ1n) is 5.41. The third kappa shape index (κ3) is 2.58. The fourth-order valence-electron chi connectivity index (χ4n) is 1.63. The van der Waals surface area contributed by atoms with Crippen LogP contribution in [0, 0.1) is 0 Å². The summed E-state index contributed by atoms with van der Waals surface area (Å²) < 4.78 is 0.646. The molecule has 0 saturated carbocycles.